The molecule has 0 heterocycles. The molecule has 2 unspecified atom stereocenters. The fourth-order valence-electron chi connectivity index (χ4n) is 1.83. The van der Waals surface area contributed by atoms with Gasteiger partial charge >= 0.3 is 5.97 Å². The van der Waals surface area contributed by atoms with Crippen molar-refractivity contribution in [3.8, 4) is 11.5 Å². The second-order valence-electron chi connectivity index (χ2n) is 4.81. The average molecular weight is 281 g/mol. The zero-order chi connectivity index (χ0) is 15.3. The number of phenolic OH excluding ortho intramolecular Hbond substituents is 2. The minimum absolute atomic E-state index is 0.0168. The molecule has 0 fully saturated rings. The van der Waals surface area contributed by atoms with Gasteiger partial charge in [0.1, 0.15) is 17.5 Å². The third-order valence-electron chi connectivity index (χ3n) is 3.10. The quantitative estimate of drug-likeness (QED) is 0.633. The van der Waals surface area contributed by atoms with E-state index < -0.39 is 12.0 Å². The van der Waals surface area contributed by atoms with Crippen LogP contribution >= 0.6 is 0 Å². The topological polar surface area (TPSA) is 107 Å². The number of carbonyl (C=O) groups is 2. The molecule has 0 spiro atoms. The lowest BCUT2D eigenvalue weighted by molar-refractivity contribution is -0.141. The lowest BCUT2D eigenvalue weighted by Gasteiger charge is -2.14. The van der Waals surface area contributed by atoms with E-state index in [-0.39, 0.29) is 29.7 Å². The van der Waals surface area contributed by atoms with Gasteiger partial charge in [0.25, 0.3) is 0 Å². The van der Waals surface area contributed by atoms with Gasteiger partial charge in [0.05, 0.1) is 0 Å². The molecule has 1 aromatic carbocycles. The number of nitrogens with one attached hydrogen (secondary N) is 1. The van der Waals surface area contributed by atoms with E-state index in [9.17, 15) is 19.8 Å². The molecule has 6 heteroatoms. The second kappa shape index (κ2) is 6.79. The summed E-state index contributed by atoms with van der Waals surface area (Å²) in [6.07, 6.45) is 0.635. The van der Waals surface area contributed by atoms with Crippen LogP contribution in [-0.4, -0.2) is 33.2 Å². The molecule has 0 radical (unpaired) electrons. The van der Waals surface area contributed by atoms with Gasteiger partial charge in [-0.3, -0.25) is 9.59 Å². The normalized spacial score (nSPS) is 13.5. The first-order valence-corrected chi connectivity index (χ1v) is 6.35. The van der Waals surface area contributed by atoms with Crippen molar-refractivity contribution in [1.82, 2.24) is 5.32 Å². The number of benzene rings is 1. The second-order valence-corrected chi connectivity index (χ2v) is 4.81. The van der Waals surface area contributed by atoms with E-state index >= 15 is 0 Å². The van der Waals surface area contributed by atoms with Crippen LogP contribution in [0.15, 0.2) is 18.2 Å². The molecule has 1 amide bonds. The van der Waals surface area contributed by atoms with E-state index in [1.807, 2.05) is 6.92 Å². The Morgan fingerprint density at radius 2 is 1.90 bits per heavy atom. The maximum atomic E-state index is 11.6. The third-order valence-corrected chi connectivity index (χ3v) is 3.10. The van der Waals surface area contributed by atoms with Gasteiger partial charge in [0.2, 0.25) is 5.91 Å². The number of rotatable bonds is 6. The van der Waals surface area contributed by atoms with Crippen molar-refractivity contribution in [2.24, 2.45) is 0 Å². The molecule has 0 bridgehead atoms. The van der Waals surface area contributed by atoms with Gasteiger partial charge in [0.15, 0.2) is 0 Å². The highest BCUT2D eigenvalue weighted by Crippen LogP contribution is 2.31. The monoisotopic (exact) mass is 281 g/mol. The zero-order valence-electron chi connectivity index (χ0n) is 11.5. The van der Waals surface area contributed by atoms with Gasteiger partial charge in [-0.2, -0.15) is 0 Å². The van der Waals surface area contributed by atoms with Crippen LogP contribution in [0.25, 0.3) is 0 Å². The predicted octanol–water partition coefficient (Wildman–Crippen LogP) is 1.57. The van der Waals surface area contributed by atoms with Gasteiger partial charge in [-0.05, 0) is 30.9 Å². The summed E-state index contributed by atoms with van der Waals surface area (Å²) in [5, 5.41) is 30.0. The Labute approximate surface area is 117 Å². The minimum Gasteiger partial charge on any atom is -0.508 e. The maximum Gasteiger partial charge on any atom is 0.325 e. The Morgan fingerprint density at radius 1 is 1.25 bits per heavy atom. The van der Waals surface area contributed by atoms with Crippen LogP contribution < -0.4 is 5.32 Å². The van der Waals surface area contributed by atoms with E-state index in [0.29, 0.717) is 12.0 Å². The van der Waals surface area contributed by atoms with Gasteiger partial charge in [-0.15, -0.1) is 0 Å². The standard InChI is InChI=1S/C14H19NO5/c1-8(11-5-4-10(16)7-12(11)17)3-6-13(18)15-9(2)14(19)20/h4-5,7-9,16-17H,3,6H2,1-2H3,(H,15,18)(H,19,20). The van der Waals surface area contributed by atoms with Crippen molar-refractivity contribution in [1.29, 1.82) is 0 Å². The van der Waals surface area contributed by atoms with Gasteiger partial charge in [0, 0.05) is 12.5 Å². The van der Waals surface area contributed by atoms with Gasteiger partial charge < -0.3 is 20.6 Å². The summed E-state index contributed by atoms with van der Waals surface area (Å²) in [6, 6.07) is 3.41. The largest absolute Gasteiger partial charge is 0.508 e. The summed E-state index contributed by atoms with van der Waals surface area (Å²) in [5.74, 6) is -1.54. The molecule has 1 rings (SSSR count). The molecule has 0 aliphatic carbocycles. The first-order valence-electron chi connectivity index (χ1n) is 6.35. The first kappa shape index (κ1) is 15.8. The van der Waals surface area contributed by atoms with Crippen molar-refractivity contribution >= 4 is 11.9 Å². The number of phenols is 2. The van der Waals surface area contributed by atoms with Crippen LogP contribution in [0, 0.1) is 0 Å². The molecule has 4 N–H and O–H groups in total. The van der Waals surface area contributed by atoms with E-state index in [2.05, 4.69) is 5.32 Å². The minimum atomic E-state index is -1.08. The Kier molecular flexibility index (Phi) is 5.37. The van der Waals surface area contributed by atoms with E-state index in [0.717, 1.165) is 0 Å². The molecule has 110 valence electrons. The van der Waals surface area contributed by atoms with Crippen LogP contribution in [0.3, 0.4) is 0 Å². The number of carboxylic acids is 1. The number of aliphatic carboxylic acids is 1. The van der Waals surface area contributed by atoms with E-state index in [4.69, 9.17) is 5.11 Å². The number of carboxylic acid groups (broad SMARTS) is 1. The Bertz CT molecular complexity index is 500. The zero-order valence-corrected chi connectivity index (χ0v) is 11.5. The predicted molar refractivity (Wildman–Crippen MR) is 72.7 cm³/mol. The molecule has 0 aliphatic rings. The van der Waals surface area contributed by atoms with Gasteiger partial charge in [-0.25, -0.2) is 0 Å². The highest BCUT2D eigenvalue weighted by atomic mass is 16.4. The summed E-state index contributed by atoms with van der Waals surface area (Å²) >= 11 is 0. The lowest BCUT2D eigenvalue weighted by atomic mass is 9.95. The Balaban J connectivity index is 2.52. The van der Waals surface area contributed by atoms with Crippen molar-refractivity contribution in [2.75, 3.05) is 0 Å². The Morgan fingerprint density at radius 3 is 2.45 bits per heavy atom. The molecule has 6 nitrogen and oxygen atoms in total. The molecule has 0 saturated heterocycles. The fourth-order valence-corrected chi connectivity index (χ4v) is 1.83. The van der Waals surface area contributed by atoms with E-state index in [1.165, 1.54) is 19.1 Å². The number of carbonyl (C=O) groups excluding carboxylic acids is 1. The third kappa shape index (κ3) is 4.46. The molecule has 0 saturated carbocycles. The van der Waals surface area contributed by atoms with Crippen LogP contribution in [-0.2, 0) is 9.59 Å². The average Bonchev–Trinajstić information content (AvgIpc) is 2.35. The van der Waals surface area contributed by atoms with Crippen LogP contribution in [0.5, 0.6) is 11.5 Å². The molecule has 1 aromatic rings. The molecular weight excluding hydrogens is 262 g/mol. The number of hydrogen-bond donors (Lipinski definition) is 4. The van der Waals surface area contributed by atoms with Gasteiger partial charge in [-0.1, -0.05) is 13.0 Å². The molecule has 0 aliphatic heterocycles. The lowest BCUT2D eigenvalue weighted by Crippen LogP contribution is -2.38. The highest BCUT2D eigenvalue weighted by molar-refractivity contribution is 5.83. The van der Waals surface area contributed by atoms with Crippen LogP contribution in [0.1, 0.15) is 38.2 Å². The summed E-state index contributed by atoms with van der Waals surface area (Å²) in [4.78, 5) is 22.2. The molecule has 0 aromatic heterocycles. The van der Waals surface area contributed by atoms with Crippen molar-refractivity contribution in [3.05, 3.63) is 23.8 Å². The maximum absolute atomic E-state index is 11.6. The number of aromatic hydroxyl groups is 2. The summed E-state index contributed by atoms with van der Waals surface area (Å²) < 4.78 is 0. The highest BCUT2D eigenvalue weighted by Gasteiger charge is 2.16. The summed E-state index contributed by atoms with van der Waals surface area (Å²) in [5.41, 5.74) is 0.641. The SMILES string of the molecule is CC(NC(=O)CCC(C)c1ccc(O)cc1O)C(=O)O. The van der Waals surface area contributed by atoms with Crippen molar-refractivity contribution < 1.29 is 24.9 Å². The molecule has 20 heavy (non-hydrogen) atoms. The molecule has 2 atom stereocenters. The number of amides is 1. The molecular formula is C14H19NO5. The fraction of sp³-hybridized carbons (Fsp3) is 0.429. The van der Waals surface area contributed by atoms with Crippen molar-refractivity contribution in [3.63, 3.8) is 0 Å². The van der Waals surface area contributed by atoms with Crippen LogP contribution in [0.2, 0.25) is 0 Å². The van der Waals surface area contributed by atoms with Crippen molar-refractivity contribution in [2.45, 2.75) is 38.6 Å². The summed E-state index contributed by atoms with van der Waals surface area (Å²) in [7, 11) is 0. The Hall–Kier alpha value is -2.24. The van der Waals surface area contributed by atoms with Crippen LogP contribution in [0.4, 0.5) is 0 Å². The smallest absolute Gasteiger partial charge is 0.325 e. The van der Waals surface area contributed by atoms with E-state index in [1.54, 1.807) is 6.07 Å². The number of hydrogen-bond acceptors (Lipinski definition) is 4. The first-order chi connectivity index (χ1) is 9.31. The summed E-state index contributed by atoms with van der Waals surface area (Å²) in [6.45, 7) is 3.25.